The summed E-state index contributed by atoms with van der Waals surface area (Å²) in [5.74, 6) is -0.899. The van der Waals surface area contributed by atoms with Crippen LogP contribution in [0.2, 0.25) is 0 Å². The van der Waals surface area contributed by atoms with E-state index < -0.39 is 5.97 Å². The third kappa shape index (κ3) is 5.01. The van der Waals surface area contributed by atoms with Gasteiger partial charge in [0, 0.05) is 39.8 Å². The van der Waals surface area contributed by atoms with Gasteiger partial charge < -0.3 is 14.9 Å². The van der Waals surface area contributed by atoms with Gasteiger partial charge in [0.2, 0.25) is 0 Å². The van der Waals surface area contributed by atoms with Crippen LogP contribution in [-0.2, 0) is 4.79 Å². The van der Waals surface area contributed by atoms with Gasteiger partial charge in [-0.25, -0.2) is 9.80 Å². The normalized spacial score (nSPS) is 17.8. The number of hydrogen-bond donors (Lipinski definition) is 2. The van der Waals surface area contributed by atoms with Crippen LogP contribution in [0.15, 0.2) is 0 Å². The largest absolute Gasteiger partial charge is 0.481 e. The van der Waals surface area contributed by atoms with E-state index in [9.17, 15) is 9.59 Å². The van der Waals surface area contributed by atoms with Crippen LogP contribution in [0.5, 0.6) is 0 Å². The van der Waals surface area contributed by atoms with Gasteiger partial charge in [-0.05, 0) is 7.05 Å². The molecule has 0 saturated carbocycles. The molecule has 0 aromatic heterocycles. The van der Waals surface area contributed by atoms with Gasteiger partial charge >= 0.3 is 12.0 Å². The fourth-order valence-electron chi connectivity index (χ4n) is 1.50. The Morgan fingerprint density at radius 3 is 2.41 bits per heavy atom. The molecule has 1 heterocycles. The molecule has 2 N–H and O–H groups in total. The number of piperazine rings is 1. The number of aliphatic carboxylic acids is 1. The minimum absolute atomic E-state index is 0.0351. The molecule has 0 aliphatic carbocycles. The summed E-state index contributed by atoms with van der Waals surface area (Å²) >= 11 is 0. The first kappa shape index (κ1) is 13.7. The summed E-state index contributed by atoms with van der Waals surface area (Å²) in [5, 5.41) is 10.4. The molecule has 1 saturated heterocycles. The Kier molecular flexibility index (Phi) is 5.17. The lowest BCUT2D eigenvalue weighted by atomic mass is 10.4. The summed E-state index contributed by atoms with van der Waals surface area (Å²) in [6, 6.07) is -0.254. The zero-order chi connectivity index (χ0) is 12.8. The number of carbonyl (C=O) groups is 2. The van der Waals surface area contributed by atoms with Crippen LogP contribution in [0.4, 0.5) is 4.79 Å². The second-order valence-corrected chi connectivity index (χ2v) is 4.27. The molecule has 0 aromatic carbocycles. The quantitative estimate of drug-likeness (QED) is 0.681. The minimum atomic E-state index is -0.899. The summed E-state index contributed by atoms with van der Waals surface area (Å²) in [6.07, 6.45) is -0.0351. The maximum absolute atomic E-state index is 11.7. The Bertz CT molecular complexity index is 277. The third-order valence-electron chi connectivity index (χ3n) is 2.76. The summed E-state index contributed by atoms with van der Waals surface area (Å²) < 4.78 is 0. The Hall–Kier alpha value is -1.34. The van der Waals surface area contributed by atoms with Crippen molar-refractivity contribution in [1.29, 1.82) is 0 Å². The van der Waals surface area contributed by atoms with Crippen molar-refractivity contribution in [2.45, 2.75) is 6.42 Å². The number of nitrogens with zero attached hydrogens (tertiary/aromatic N) is 3. The number of likely N-dealkylation sites (N-methyl/N-ethyl adjacent to an activating group) is 1. The lowest BCUT2D eigenvalue weighted by Crippen LogP contribution is -2.55. The average Bonchev–Trinajstić information content (AvgIpc) is 2.28. The van der Waals surface area contributed by atoms with Crippen molar-refractivity contribution in [1.82, 2.24) is 20.2 Å². The minimum Gasteiger partial charge on any atom is -0.481 e. The van der Waals surface area contributed by atoms with E-state index in [1.165, 1.54) is 4.90 Å². The molecular formula is C10H20N4O3. The number of carboxylic acids is 1. The van der Waals surface area contributed by atoms with E-state index in [1.807, 2.05) is 12.1 Å². The first-order valence-electron chi connectivity index (χ1n) is 5.66. The second-order valence-electron chi connectivity index (χ2n) is 4.27. The van der Waals surface area contributed by atoms with Gasteiger partial charge in [-0.15, -0.1) is 0 Å². The topological polar surface area (TPSA) is 76.1 Å². The van der Waals surface area contributed by atoms with Crippen LogP contribution < -0.4 is 5.43 Å². The van der Waals surface area contributed by atoms with Crippen molar-refractivity contribution >= 4 is 12.0 Å². The van der Waals surface area contributed by atoms with Gasteiger partial charge in [-0.1, -0.05) is 0 Å². The smallest absolute Gasteiger partial charge is 0.331 e. The van der Waals surface area contributed by atoms with Crippen molar-refractivity contribution in [3.05, 3.63) is 0 Å². The van der Waals surface area contributed by atoms with Crippen LogP contribution in [-0.4, -0.2) is 78.7 Å². The number of hydrogen-bond acceptors (Lipinski definition) is 4. The molecule has 17 heavy (non-hydrogen) atoms. The molecule has 1 aliphatic rings. The highest BCUT2D eigenvalue weighted by Crippen LogP contribution is 1.97. The molecule has 7 heteroatoms. The highest BCUT2D eigenvalue weighted by atomic mass is 16.4. The van der Waals surface area contributed by atoms with Gasteiger partial charge in [0.15, 0.2) is 0 Å². The number of urea groups is 1. The number of nitrogens with one attached hydrogen (secondary N) is 1. The van der Waals surface area contributed by atoms with E-state index in [0.29, 0.717) is 0 Å². The molecular weight excluding hydrogens is 224 g/mol. The molecule has 0 aromatic rings. The Balaban J connectivity index is 2.25. The van der Waals surface area contributed by atoms with E-state index in [-0.39, 0.29) is 19.0 Å². The molecule has 0 spiro atoms. The van der Waals surface area contributed by atoms with Crippen LogP contribution in [0.25, 0.3) is 0 Å². The van der Waals surface area contributed by atoms with Crippen molar-refractivity contribution < 1.29 is 14.7 Å². The number of rotatable bonds is 4. The lowest BCUT2D eigenvalue weighted by Gasteiger charge is -2.33. The number of amides is 2. The van der Waals surface area contributed by atoms with E-state index in [4.69, 9.17) is 5.11 Å². The second kappa shape index (κ2) is 6.41. The molecule has 0 radical (unpaired) electrons. The molecule has 2 amide bonds. The van der Waals surface area contributed by atoms with Crippen molar-refractivity contribution in [2.24, 2.45) is 0 Å². The van der Waals surface area contributed by atoms with E-state index >= 15 is 0 Å². The standard InChI is InChI=1S/C10H20N4O3/c1-12-5-7-14(8-6-12)11-10(17)13(2)4-3-9(15)16/h3-8H2,1-2H3,(H,11,17)(H,15,16). The van der Waals surface area contributed by atoms with Crippen molar-refractivity contribution in [3.8, 4) is 0 Å². The number of carboxylic acid groups (broad SMARTS) is 1. The zero-order valence-corrected chi connectivity index (χ0v) is 10.3. The molecule has 1 rings (SSSR count). The number of carbonyl (C=O) groups excluding carboxylic acids is 1. The van der Waals surface area contributed by atoms with Gasteiger partial charge in [-0.3, -0.25) is 10.2 Å². The van der Waals surface area contributed by atoms with Crippen molar-refractivity contribution in [2.75, 3.05) is 46.8 Å². The van der Waals surface area contributed by atoms with Crippen LogP contribution >= 0.6 is 0 Å². The Morgan fingerprint density at radius 2 is 1.88 bits per heavy atom. The lowest BCUT2D eigenvalue weighted by molar-refractivity contribution is -0.137. The first-order valence-corrected chi connectivity index (χ1v) is 5.66. The molecule has 98 valence electrons. The monoisotopic (exact) mass is 244 g/mol. The highest BCUT2D eigenvalue weighted by Gasteiger charge is 2.17. The maximum atomic E-state index is 11.7. The zero-order valence-electron chi connectivity index (χ0n) is 10.3. The Labute approximate surface area is 101 Å². The van der Waals surface area contributed by atoms with Crippen LogP contribution in [0.3, 0.4) is 0 Å². The molecule has 0 bridgehead atoms. The highest BCUT2D eigenvalue weighted by molar-refractivity contribution is 5.74. The Morgan fingerprint density at radius 1 is 1.29 bits per heavy atom. The predicted molar refractivity (Wildman–Crippen MR) is 62.5 cm³/mol. The fourth-order valence-corrected chi connectivity index (χ4v) is 1.50. The molecule has 7 nitrogen and oxygen atoms in total. The van der Waals surface area contributed by atoms with E-state index in [0.717, 1.165) is 26.2 Å². The summed E-state index contributed by atoms with van der Waals surface area (Å²) in [4.78, 5) is 25.6. The van der Waals surface area contributed by atoms with Crippen molar-refractivity contribution in [3.63, 3.8) is 0 Å². The third-order valence-corrected chi connectivity index (χ3v) is 2.76. The summed E-state index contributed by atoms with van der Waals surface area (Å²) in [6.45, 7) is 3.62. The fraction of sp³-hybridized carbons (Fsp3) is 0.800. The summed E-state index contributed by atoms with van der Waals surface area (Å²) in [7, 11) is 3.63. The summed E-state index contributed by atoms with van der Waals surface area (Å²) in [5.41, 5.74) is 2.76. The maximum Gasteiger partial charge on any atom is 0.331 e. The number of hydrazine groups is 1. The van der Waals surface area contributed by atoms with Gasteiger partial charge in [-0.2, -0.15) is 0 Å². The van der Waals surface area contributed by atoms with Crippen LogP contribution in [0.1, 0.15) is 6.42 Å². The van der Waals surface area contributed by atoms with E-state index in [2.05, 4.69) is 10.3 Å². The predicted octanol–water partition coefficient (Wildman–Crippen LogP) is -0.735. The van der Waals surface area contributed by atoms with Gasteiger partial charge in [0.05, 0.1) is 6.42 Å². The molecule has 0 atom stereocenters. The van der Waals surface area contributed by atoms with Gasteiger partial charge in [0.25, 0.3) is 0 Å². The van der Waals surface area contributed by atoms with Gasteiger partial charge in [0.1, 0.15) is 0 Å². The molecule has 1 aliphatic heterocycles. The van der Waals surface area contributed by atoms with E-state index in [1.54, 1.807) is 7.05 Å². The first-order chi connectivity index (χ1) is 7.99. The average molecular weight is 244 g/mol. The SMILES string of the molecule is CN1CCN(NC(=O)N(C)CCC(=O)O)CC1. The molecule has 1 fully saturated rings. The van der Waals surface area contributed by atoms with Crippen LogP contribution in [0, 0.1) is 0 Å². The molecule has 0 unspecified atom stereocenters.